The molecule has 33 heavy (non-hydrogen) atoms. The van der Waals surface area contributed by atoms with Gasteiger partial charge in [0.15, 0.2) is 6.61 Å². The van der Waals surface area contributed by atoms with Crippen molar-refractivity contribution in [2.45, 2.75) is 76.9 Å². The zero-order chi connectivity index (χ0) is 23.8. The lowest BCUT2D eigenvalue weighted by Crippen LogP contribution is -2.29. The Labute approximate surface area is 196 Å². The summed E-state index contributed by atoms with van der Waals surface area (Å²) in [6.45, 7) is 1.76. The standard InChI is InChI=1S/C26H38O7/c1-3-4-5-8-19(33-26(30)16-31-2)10-11-20-21-12-17-7-6-9-24(32-15-25(28)29)22(17)13-18(21)14-23(20)27/h6-7,9,18-21,23,27H,3-5,8,10-16H2,1-2H3,(H,28,29). The van der Waals surface area contributed by atoms with Crippen LogP contribution in [0.15, 0.2) is 18.2 Å². The van der Waals surface area contributed by atoms with Gasteiger partial charge in [-0.05, 0) is 79.9 Å². The number of carbonyl (C=O) groups is 2. The van der Waals surface area contributed by atoms with Crippen molar-refractivity contribution >= 4 is 11.9 Å². The Hall–Kier alpha value is -2.12. The lowest BCUT2D eigenvalue weighted by Gasteiger charge is -2.32. The average Bonchev–Trinajstić information content (AvgIpc) is 3.08. The van der Waals surface area contributed by atoms with Gasteiger partial charge in [0.25, 0.3) is 0 Å². The number of hydrogen-bond donors (Lipinski definition) is 2. The predicted octanol–water partition coefficient (Wildman–Crippen LogP) is 3.78. The summed E-state index contributed by atoms with van der Waals surface area (Å²) in [5.74, 6) is 0.213. The van der Waals surface area contributed by atoms with Crippen LogP contribution in [0.4, 0.5) is 0 Å². The molecule has 2 aliphatic rings. The van der Waals surface area contributed by atoms with Gasteiger partial charge >= 0.3 is 11.9 Å². The molecule has 0 amide bonds. The highest BCUT2D eigenvalue weighted by molar-refractivity contribution is 5.70. The number of esters is 1. The number of hydrogen-bond acceptors (Lipinski definition) is 6. The Kier molecular flexibility index (Phi) is 9.56. The highest BCUT2D eigenvalue weighted by Crippen LogP contribution is 2.48. The average molecular weight is 463 g/mol. The highest BCUT2D eigenvalue weighted by atomic mass is 16.6. The van der Waals surface area contributed by atoms with Crippen molar-refractivity contribution < 1.29 is 34.0 Å². The van der Waals surface area contributed by atoms with Crippen molar-refractivity contribution in [1.29, 1.82) is 0 Å². The third kappa shape index (κ3) is 6.93. The number of unbranched alkanes of at least 4 members (excludes halogenated alkanes) is 2. The molecule has 184 valence electrons. The summed E-state index contributed by atoms with van der Waals surface area (Å²) in [5.41, 5.74) is 2.27. The second-order valence-electron chi connectivity index (χ2n) is 9.49. The van der Waals surface area contributed by atoms with Crippen molar-refractivity contribution in [3.8, 4) is 5.75 Å². The fraction of sp³-hybridized carbons (Fsp3) is 0.692. The fourth-order valence-electron chi connectivity index (χ4n) is 5.68. The molecule has 3 rings (SSSR count). The molecule has 2 aliphatic carbocycles. The summed E-state index contributed by atoms with van der Waals surface area (Å²) in [4.78, 5) is 22.9. The van der Waals surface area contributed by atoms with Crippen molar-refractivity contribution in [2.75, 3.05) is 20.3 Å². The molecule has 0 spiro atoms. The normalized spacial score (nSPS) is 24.6. The number of carboxylic acid groups (broad SMARTS) is 1. The number of fused-ring (bicyclic) bond motifs is 2. The van der Waals surface area contributed by atoms with E-state index in [4.69, 9.17) is 19.3 Å². The Morgan fingerprint density at radius 2 is 1.97 bits per heavy atom. The number of aliphatic hydroxyl groups is 1. The van der Waals surface area contributed by atoms with Gasteiger partial charge < -0.3 is 24.4 Å². The number of benzene rings is 1. The second kappa shape index (κ2) is 12.4. The summed E-state index contributed by atoms with van der Waals surface area (Å²) in [5, 5.41) is 19.9. The molecule has 0 saturated heterocycles. The Balaban J connectivity index is 1.64. The van der Waals surface area contributed by atoms with E-state index in [1.54, 1.807) is 0 Å². The van der Waals surface area contributed by atoms with Gasteiger partial charge in [-0.2, -0.15) is 0 Å². The quantitative estimate of drug-likeness (QED) is 0.340. The summed E-state index contributed by atoms with van der Waals surface area (Å²) >= 11 is 0. The summed E-state index contributed by atoms with van der Waals surface area (Å²) in [6.07, 6.45) is 7.54. The monoisotopic (exact) mass is 462 g/mol. The predicted molar refractivity (Wildman–Crippen MR) is 123 cm³/mol. The zero-order valence-corrected chi connectivity index (χ0v) is 19.8. The van der Waals surface area contributed by atoms with Crippen molar-refractivity contribution in [3.63, 3.8) is 0 Å². The van der Waals surface area contributed by atoms with E-state index in [9.17, 15) is 14.7 Å². The van der Waals surface area contributed by atoms with E-state index >= 15 is 0 Å². The van der Waals surface area contributed by atoms with Crippen molar-refractivity contribution in [1.82, 2.24) is 0 Å². The molecule has 5 unspecified atom stereocenters. The van der Waals surface area contributed by atoms with Crippen LogP contribution >= 0.6 is 0 Å². The maximum absolute atomic E-state index is 12.0. The molecule has 0 heterocycles. The van der Waals surface area contributed by atoms with Crippen molar-refractivity contribution in [3.05, 3.63) is 29.3 Å². The Morgan fingerprint density at radius 3 is 2.70 bits per heavy atom. The minimum absolute atomic E-state index is 0.0376. The highest BCUT2D eigenvalue weighted by Gasteiger charge is 2.45. The number of ether oxygens (including phenoxy) is 3. The number of rotatable bonds is 13. The lowest BCUT2D eigenvalue weighted by atomic mass is 9.73. The number of methoxy groups -OCH3 is 1. The van der Waals surface area contributed by atoms with Gasteiger partial charge in [-0.15, -0.1) is 0 Å². The van der Waals surface area contributed by atoms with Gasteiger partial charge in [-0.25, -0.2) is 9.59 Å². The van der Waals surface area contributed by atoms with Crippen LogP contribution in [0.1, 0.15) is 63.0 Å². The zero-order valence-electron chi connectivity index (χ0n) is 19.8. The lowest BCUT2D eigenvalue weighted by molar-refractivity contribution is -0.154. The molecule has 0 radical (unpaired) electrons. The maximum Gasteiger partial charge on any atom is 0.341 e. The number of aliphatic hydroxyl groups excluding tert-OH is 1. The molecule has 1 aromatic rings. The molecular formula is C26H38O7. The van der Waals surface area contributed by atoms with Gasteiger partial charge in [-0.1, -0.05) is 31.9 Å². The van der Waals surface area contributed by atoms with Gasteiger partial charge in [0.1, 0.15) is 18.5 Å². The molecule has 1 saturated carbocycles. The molecule has 2 N–H and O–H groups in total. The van der Waals surface area contributed by atoms with Crippen LogP contribution in [0, 0.1) is 17.8 Å². The third-order valence-corrected chi connectivity index (χ3v) is 7.21. The molecule has 7 nitrogen and oxygen atoms in total. The van der Waals surface area contributed by atoms with E-state index in [0.29, 0.717) is 17.6 Å². The van der Waals surface area contributed by atoms with Crippen LogP contribution in [-0.4, -0.2) is 54.7 Å². The van der Waals surface area contributed by atoms with E-state index in [0.717, 1.165) is 63.4 Å². The summed E-state index contributed by atoms with van der Waals surface area (Å²) < 4.78 is 16.1. The maximum atomic E-state index is 12.0. The second-order valence-corrected chi connectivity index (χ2v) is 9.49. The van der Waals surface area contributed by atoms with E-state index in [1.807, 2.05) is 12.1 Å². The Bertz CT molecular complexity index is 793. The first kappa shape index (κ1) is 25.5. The van der Waals surface area contributed by atoms with Crippen molar-refractivity contribution in [2.24, 2.45) is 17.8 Å². The Morgan fingerprint density at radius 1 is 1.15 bits per heavy atom. The number of carboxylic acids is 1. The molecule has 0 aliphatic heterocycles. The van der Waals surface area contributed by atoms with Crippen LogP contribution in [0.5, 0.6) is 5.75 Å². The van der Waals surface area contributed by atoms with Gasteiger partial charge in [0, 0.05) is 7.11 Å². The van der Waals surface area contributed by atoms with E-state index in [2.05, 4.69) is 13.0 Å². The summed E-state index contributed by atoms with van der Waals surface area (Å²) in [7, 11) is 1.49. The number of aliphatic carboxylic acids is 1. The van der Waals surface area contributed by atoms with Crippen LogP contribution in [0.3, 0.4) is 0 Å². The molecular weight excluding hydrogens is 424 g/mol. The molecule has 0 aromatic heterocycles. The van der Waals surface area contributed by atoms with E-state index < -0.39 is 5.97 Å². The minimum atomic E-state index is -0.989. The van der Waals surface area contributed by atoms with Gasteiger partial charge in [0.2, 0.25) is 0 Å². The van der Waals surface area contributed by atoms with E-state index in [-0.39, 0.29) is 37.3 Å². The van der Waals surface area contributed by atoms with Crippen LogP contribution < -0.4 is 4.74 Å². The van der Waals surface area contributed by atoms with E-state index in [1.165, 1.54) is 12.7 Å². The minimum Gasteiger partial charge on any atom is -0.482 e. The van der Waals surface area contributed by atoms with Crippen LogP contribution in [0.2, 0.25) is 0 Å². The first-order valence-electron chi connectivity index (χ1n) is 12.2. The van der Waals surface area contributed by atoms with Crippen LogP contribution in [-0.2, 0) is 31.9 Å². The molecule has 0 bridgehead atoms. The largest absolute Gasteiger partial charge is 0.482 e. The first-order chi connectivity index (χ1) is 15.9. The number of carbonyl (C=O) groups excluding carboxylic acids is 1. The van der Waals surface area contributed by atoms with Crippen LogP contribution in [0.25, 0.3) is 0 Å². The molecule has 5 atom stereocenters. The topological polar surface area (TPSA) is 102 Å². The summed E-state index contributed by atoms with van der Waals surface area (Å²) in [6, 6.07) is 5.83. The van der Waals surface area contributed by atoms with Gasteiger partial charge in [0.05, 0.1) is 6.10 Å². The first-order valence-corrected chi connectivity index (χ1v) is 12.2. The molecule has 7 heteroatoms. The molecule has 1 aromatic carbocycles. The SMILES string of the molecule is CCCCCC(CCC1C(O)CC2Cc3c(cccc3OCC(=O)O)CC21)OC(=O)COC. The third-order valence-electron chi connectivity index (χ3n) is 7.21. The smallest absolute Gasteiger partial charge is 0.341 e. The fourth-order valence-corrected chi connectivity index (χ4v) is 5.68. The van der Waals surface area contributed by atoms with Gasteiger partial charge in [-0.3, -0.25) is 0 Å². The molecule has 1 fully saturated rings.